The van der Waals surface area contributed by atoms with Crippen molar-refractivity contribution in [3.8, 4) is 0 Å². The third-order valence-corrected chi connectivity index (χ3v) is 6.08. The largest absolute Gasteiger partial charge is 0.415 e. The molecule has 0 aromatic carbocycles. The van der Waals surface area contributed by atoms with E-state index in [1.165, 1.54) is 16.8 Å². The lowest BCUT2D eigenvalue weighted by Crippen LogP contribution is -2.38. The van der Waals surface area contributed by atoms with E-state index in [9.17, 15) is 13.2 Å². The summed E-state index contributed by atoms with van der Waals surface area (Å²) in [6.45, 7) is 2.28. The first-order valence-electron chi connectivity index (χ1n) is 7.78. The Labute approximate surface area is 152 Å². The first-order chi connectivity index (χ1) is 11.8. The van der Waals surface area contributed by atoms with Crippen LogP contribution in [-0.4, -0.2) is 36.5 Å². The Kier molecular flexibility index (Phi) is 5.17. The molecule has 1 aromatic heterocycles. The van der Waals surface area contributed by atoms with Crippen LogP contribution in [-0.2, 0) is 6.54 Å². The van der Waals surface area contributed by atoms with E-state index < -0.39 is 17.8 Å². The molecule has 136 valence electrons. The predicted molar refractivity (Wildman–Crippen MR) is 97.2 cm³/mol. The molecule has 0 saturated carbocycles. The van der Waals surface area contributed by atoms with Gasteiger partial charge in [-0.25, -0.2) is 0 Å². The number of nitrogens with two attached hydrogens (primary N) is 1. The molecule has 0 bridgehead atoms. The molecule has 2 aliphatic heterocycles. The number of thiophene rings is 1. The molecule has 0 amide bonds. The lowest BCUT2D eigenvalue weighted by atomic mass is 10.0. The molecule has 2 atom stereocenters. The maximum absolute atomic E-state index is 13.7. The van der Waals surface area contributed by atoms with E-state index in [2.05, 4.69) is 10.4 Å². The van der Waals surface area contributed by atoms with Gasteiger partial charge in [0.25, 0.3) is 0 Å². The Morgan fingerprint density at radius 2 is 2.20 bits per heavy atom. The fourth-order valence-corrected chi connectivity index (χ4v) is 5.06. The smallest absolute Gasteiger partial charge is 0.378 e. The quantitative estimate of drug-likeness (QED) is 0.809. The average Bonchev–Trinajstić information content (AvgIpc) is 3.13. The number of hydrazone groups is 1. The fourth-order valence-electron chi connectivity index (χ4n) is 2.85. The lowest BCUT2D eigenvalue weighted by Gasteiger charge is -2.30. The van der Waals surface area contributed by atoms with Crippen molar-refractivity contribution in [3.63, 3.8) is 0 Å². The number of rotatable bonds is 5. The van der Waals surface area contributed by atoms with Gasteiger partial charge >= 0.3 is 6.18 Å². The second-order valence-electron chi connectivity index (χ2n) is 6.05. The molecule has 0 spiro atoms. The van der Waals surface area contributed by atoms with Crippen molar-refractivity contribution in [1.29, 1.82) is 0 Å². The van der Waals surface area contributed by atoms with E-state index in [0.29, 0.717) is 17.1 Å². The van der Waals surface area contributed by atoms with Crippen LogP contribution >= 0.6 is 23.1 Å². The van der Waals surface area contributed by atoms with Crippen LogP contribution in [0.5, 0.6) is 0 Å². The molecule has 0 fully saturated rings. The van der Waals surface area contributed by atoms with Crippen LogP contribution in [0.25, 0.3) is 0 Å². The van der Waals surface area contributed by atoms with Gasteiger partial charge in [-0.2, -0.15) is 18.3 Å². The van der Waals surface area contributed by atoms with Crippen LogP contribution in [0.2, 0.25) is 0 Å². The maximum atomic E-state index is 13.7. The van der Waals surface area contributed by atoms with Gasteiger partial charge in [0, 0.05) is 34.3 Å². The first-order valence-corrected chi connectivity index (χ1v) is 9.48. The minimum atomic E-state index is -4.41. The zero-order valence-electron chi connectivity index (χ0n) is 13.8. The Bertz CT molecular complexity index is 720. The second-order valence-corrected chi connectivity index (χ2v) is 8.22. The molecule has 4 nitrogen and oxygen atoms in total. The molecule has 0 saturated heterocycles. The highest BCUT2D eigenvalue weighted by molar-refractivity contribution is 8.07. The normalized spacial score (nSPS) is 21.8. The van der Waals surface area contributed by atoms with E-state index in [4.69, 9.17) is 5.73 Å². The molecule has 9 heteroatoms. The van der Waals surface area contributed by atoms with Crippen molar-refractivity contribution in [2.75, 3.05) is 7.05 Å². The number of nitrogens with zero attached hydrogens (tertiary/aromatic N) is 2. The Balaban J connectivity index is 1.92. The number of halogens is 3. The number of fused-ring (bicyclic) bond motifs is 1. The van der Waals surface area contributed by atoms with E-state index in [-0.39, 0.29) is 17.4 Å². The Morgan fingerprint density at radius 3 is 2.80 bits per heavy atom. The van der Waals surface area contributed by atoms with Crippen molar-refractivity contribution in [1.82, 2.24) is 10.3 Å². The van der Waals surface area contributed by atoms with Crippen LogP contribution < -0.4 is 11.1 Å². The summed E-state index contributed by atoms with van der Waals surface area (Å²) < 4.78 is 41.1. The van der Waals surface area contributed by atoms with Crippen LogP contribution in [0.1, 0.15) is 18.2 Å². The Morgan fingerprint density at radius 1 is 1.44 bits per heavy atom. The number of alkyl halides is 3. The van der Waals surface area contributed by atoms with Gasteiger partial charge in [-0.1, -0.05) is 17.8 Å². The van der Waals surface area contributed by atoms with Crippen molar-refractivity contribution in [2.45, 2.75) is 38.1 Å². The lowest BCUT2D eigenvalue weighted by molar-refractivity contribution is -0.0990. The SMILES string of the molecule is C[C@H](N)CC1=C(C(F)(F)F)C2C(=C(NCc3cccs3)C=NN2C)S1. The van der Waals surface area contributed by atoms with E-state index in [0.717, 1.165) is 4.88 Å². The fraction of sp³-hybridized carbons (Fsp3) is 0.438. The molecular formula is C16H19F3N4S2. The highest BCUT2D eigenvalue weighted by atomic mass is 32.2. The van der Waals surface area contributed by atoms with Crippen molar-refractivity contribution < 1.29 is 13.2 Å². The molecule has 25 heavy (non-hydrogen) atoms. The van der Waals surface area contributed by atoms with Crippen molar-refractivity contribution in [2.24, 2.45) is 10.8 Å². The van der Waals surface area contributed by atoms with Gasteiger partial charge in [-0.05, 0) is 24.8 Å². The summed E-state index contributed by atoms with van der Waals surface area (Å²) in [5.41, 5.74) is 5.87. The summed E-state index contributed by atoms with van der Waals surface area (Å²) >= 11 is 2.77. The number of nitrogens with one attached hydrogen (secondary N) is 1. The van der Waals surface area contributed by atoms with E-state index in [1.807, 2.05) is 17.5 Å². The third-order valence-electron chi connectivity index (χ3n) is 3.91. The monoisotopic (exact) mass is 388 g/mol. The summed E-state index contributed by atoms with van der Waals surface area (Å²) in [5.74, 6) is 0. The molecular weight excluding hydrogens is 369 g/mol. The minimum Gasteiger partial charge on any atom is -0.378 e. The van der Waals surface area contributed by atoms with Gasteiger partial charge < -0.3 is 11.1 Å². The molecule has 1 aromatic rings. The van der Waals surface area contributed by atoms with Gasteiger partial charge in [0.05, 0.1) is 17.5 Å². The minimum absolute atomic E-state index is 0.200. The molecule has 3 rings (SSSR count). The van der Waals surface area contributed by atoms with Gasteiger partial charge in [0.1, 0.15) is 6.04 Å². The van der Waals surface area contributed by atoms with Gasteiger partial charge in [-0.3, -0.25) is 5.01 Å². The zero-order chi connectivity index (χ0) is 18.2. The van der Waals surface area contributed by atoms with Crippen LogP contribution in [0.15, 0.2) is 43.7 Å². The molecule has 0 radical (unpaired) electrons. The topological polar surface area (TPSA) is 53.6 Å². The van der Waals surface area contributed by atoms with Crippen LogP contribution in [0, 0.1) is 0 Å². The standard InChI is InChI=1S/C16H19F3N4S2/c1-9(20)6-12-13(16(17,18)19)14-15(25-12)11(8-22-23(14)2)21-7-10-4-3-5-24-10/h3-5,8-9,14,21H,6-7,20H2,1-2H3/t9-,14?/m0/s1. The molecule has 0 aliphatic carbocycles. The molecule has 1 unspecified atom stereocenters. The summed E-state index contributed by atoms with van der Waals surface area (Å²) in [4.78, 5) is 2.03. The third kappa shape index (κ3) is 3.88. The number of likely N-dealkylation sites (N-methyl/N-ethyl adjacent to an activating group) is 1. The number of hydrogen-bond donors (Lipinski definition) is 2. The Hall–Kier alpha value is -1.45. The molecule has 2 aliphatic rings. The number of allylic oxidation sites excluding steroid dienone is 1. The summed E-state index contributed by atoms with van der Waals surface area (Å²) in [6.07, 6.45) is -2.62. The van der Waals surface area contributed by atoms with E-state index in [1.54, 1.807) is 31.5 Å². The number of hydrogen-bond acceptors (Lipinski definition) is 6. The van der Waals surface area contributed by atoms with Gasteiger partial charge in [-0.15, -0.1) is 11.3 Å². The second kappa shape index (κ2) is 7.05. The first kappa shape index (κ1) is 18.3. The van der Waals surface area contributed by atoms with Gasteiger partial charge in [0.2, 0.25) is 0 Å². The van der Waals surface area contributed by atoms with E-state index >= 15 is 0 Å². The average molecular weight is 388 g/mol. The van der Waals surface area contributed by atoms with Crippen molar-refractivity contribution in [3.05, 3.63) is 43.5 Å². The molecule has 3 N–H and O–H groups in total. The highest BCUT2D eigenvalue weighted by Crippen LogP contribution is 2.52. The zero-order valence-corrected chi connectivity index (χ0v) is 15.4. The van der Waals surface area contributed by atoms with Crippen molar-refractivity contribution >= 4 is 29.3 Å². The number of thioether (sulfide) groups is 1. The summed E-state index contributed by atoms with van der Waals surface area (Å²) in [7, 11) is 1.57. The van der Waals surface area contributed by atoms with Gasteiger partial charge in [0.15, 0.2) is 0 Å². The predicted octanol–water partition coefficient (Wildman–Crippen LogP) is 3.65. The van der Waals surface area contributed by atoms with Crippen LogP contribution in [0.3, 0.4) is 0 Å². The highest BCUT2D eigenvalue weighted by Gasteiger charge is 2.50. The summed E-state index contributed by atoms with van der Waals surface area (Å²) in [5, 5.41) is 10.7. The summed E-state index contributed by atoms with van der Waals surface area (Å²) in [6, 6.07) is 2.68. The maximum Gasteiger partial charge on any atom is 0.415 e. The molecule has 3 heterocycles. The van der Waals surface area contributed by atoms with Crippen LogP contribution in [0.4, 0.5) is 13.2 Å².